The van der Waals surface area contributed by atoms with Crippen LogP contribution in [0.25, 0.3) is 0 Å². The van der Waals surface area contributed by atoms with Crippen LogP contribution in [0, 0.1) is 46.3 Å². The molecule has 0 bridgehead atoms. The van der Waals surface area contributed by atoms with Crippen molar-refractivity contribution in [1.29, 1.82) is 0 Å². The molecule has 3 N–H and O–H groups in total. The Bertz CT molecular complexity index is 896. The Balaban J connectivity index is 0.000000296. The first-order valence-electron chi connectivity index (χ1n) is 18.2. The zero-order valence-electron chi connectivity index (χ0n) is 29.5. The van der Waals surface area contributed by atoms with Gasteiger partial charge in [-0.1, -0.05) is 65.5 Å². The minimum absolute atomic E-state index is 0.0299. The normalized spacial score (nSPS) is 33.0. The lowest BCUT2D eigenvalue weighted by molar-refractivity contribution is -0.284. The van der Waals surface area contributed by atoms with Gasteiger partial charge >= 0.3 is 5.97 Å². The Morgan fingerprint density at radius 2 is 1.71 bits per heavy atom. The van der Waals surface area contributed by atoms with Crippen LogP contribution in [0.3, 0.4) is 0 Å². The number of hydrogen-bond acceptors (Lipinski definition) is 7. The number of carbonyl (C=O) groups is 1. The van der Waals surface area contributed by atoms with Gasteiger partial charge in [0.2, 0.25) is 0 Å². The largest absolute Gasteiger partial charge is 0.480 e. The molecule has 0 aromatic heterocycles. The minimum atomic E-state index is -0.886. The van der Waals surface area contributed by atoms with E-state index in [1.165, 1.54) is 57.8 Å². The summed E-state index contributed by atoms with van der Waals surface area (Å²) in [5.74, 6) is 4.47. The quantitative estimate of drug-likeness (QED) is 0.0457. The van der Waals surface area contributed by atoms with E-state index in [0.29, 0.717) is 43.9 Å². The van der Waals surface area contributed by atoms with Gasteiger partial charge in [0.1, 0.15) is 0 Å². The second-order valence-corrected chi connectivity index (χ2v) is 15.3. The van der Waals surface area contributed by atoms with E-state index in [9.17, 15) is 10.1 Å². The predicted molar refractivity (Wildman–Crippen MR) is 179 cm³/mol. The molecule has 4 aliphatic rings. The molecule has 0 saturated heterocycles. The molecule has 0 spiro atoms. The number of carboxylic acids is 1. The molecule has 0 aliphatic heterocycles. The number of hydrogen-bond donors (Lipinski definition) is 3. The molecular formula is C37H67NO7. The van der Waals surface area contributed by atoms with E-state index in [-0.39, 0.29) is 19.4 Å². The lowest BCUT2D eigenvalue weighted by Crippen LogP contribution is -2.51. The number of fused-ring (bicyclic) bond motifs is 5. The highest BCUT2D eigenvalue weighted by Crippen LogP contribution is 2.67. The Labute approximate surface area is 274 Å². The third-order valence-electron chi connectivity index (χ3n) is 12.0. The predicted octanol–water partition coefficient (Wildman–Crippen LogP) is 7.96. The average molecular weight is 638 g/mol. The summed E-state index contributed by atoms with van der Waals surface area (Å²) in [6.45, 7) is 17.8. The Hall–Kier alpha value is -1.03. The first-order chi connectivity index (χ1) is 21.6. The van der Waals surface area contributed by atoms with Crippen molar-refractivity contribution in [2.24, 2.45) is 46.3 Å². The molecule has 0 amide bonds. The monoisotopic (exact) mass is 637 g/mol. The van der Waals surface area contributed by atoms with Crippen LogP contribution in [0.5, 0.6) is 0 Å². The highest BCUT2D eigenvalue weighted by molar-refractivity contribution is 5.68. The van der Waals surface area contributed by atoms with Crippen LogP contribution >= 0.6 is 0 Å². The second-order valence-electron chi connectivity index (χ2n) is 15.3. The van der Waals surface area contributed by atoms with Crippen molar-refractivity contribution in [3.63, 3.8) is 0 Å². The Kier molecular flexibility index (Phi) is 16.3. The van der Waals surface area contributed by atoms with Crippen molar-refractivity contribution in [3.05, 3.63) is 11.6 Å². The van der Waals surface area contributed by atoms with Crippen LogP contribution in [-0.2, 0) is 23.9 Å². The number of ether oxygens (including phenoxy) is 3. The lowest BCUT2D eigenvalue weighted by atomic mass is 9.47. The summed E-state index contributed by atoms with van der Waals surface area (Å²) in [5.41, 5.74) is 2.54. The van der Waals surface area contributed by atoms with Crippen molar-refractivity contribution in [2.75, 3.05) is 46.3 Å². The molecule has 0 aromatic carbocycles. The molecule has 0 radical (unpaired) electrons. The first-order valence-corrected chi connectivity index (χ1v) is 18.2. The average Bonchev–Trinajstić information content (AvgIpc) is 3.37. The summed E-state index contributed by atoms with van der Waals surface area (Å²) in [6.07, 6.45) is 17.9. The van der Waals surface area contributed by atoms with Gasteiger partial charge in [-0.3, -0.25) is 15.4 Å². The van der Waals surface area contributed by atoms with Crippen molar-refractivity contribution in [2.45, 2.75) is 125 Å². The van der Waals surface area contributed by atoms with Crippen LogP contribution in [0.4, 0.5) is 0 Å². The summed E-state index contributed by atoms with van der Waals surface area (Å²) >= 11 is 0. The van der Waals surface area contributed by atoms with Gasteiger partial charge in [0, 0.05) is 13.2 Å². The highest BCUT2D eigenvalue weighted by Gasteiger charge is 2.59. The molecule has 45 heavy (non-hydrogen) atoms. The second kappa shape index (κ2) is 19.1. The summed E-state index contributed by atoms with van der Waals surface area (Å²) in [7, 11) is 0. The minimum Gasteiger partial charge on any atom is -0.480 e. The number of nitrogens with one attached hydrogen (secondary N) is 1. The summed E-state index contributed by atoms with van der Waals surface area (Å²) in [5, 5.41) is 20.1. The van der Waals surface area contributed by atoms with Crippen molar-refractivity contribution < 1.29 is 34.3 Å². The fourth-order valence-electron chi connectivity index (χ4n) is 9.67. The zero-order valence-corrected chi connectivity index (χ0v) is 29.5. The number of rotatable bonds is 18. The van der Waals surface area contributed by atoms with E-state index in [4.69, 9.17) is 24.2 Å². The van der Waals surface area contributed by atoms with Crippen molar-refractivity contribution in [3.8, 4) is 0 Å². The highest BCUT2D eigenvalue weighted by atomic mass is 17.1. The van der Waals surface area contributed by atoms with E-state index in [1.54, 1.807) is 5.57 Å². The number of aliphatic carboxylic acids is 1. The molecule has 8 heteroatoms. The molecule has 0 heterocycles. The summed E-state index contributed by atoms with van der Waals surface area (Å²) < 4.78 is 15.5. The molecule has 4 aliphatic carbocycles. The molecule has 3 saturated carbocycles. The van der Waals surface area contributed by atoms with Crippen LogP contribution in [0.2, 0.25) is 0 Å². The van der Waals surface area contributed by atoms with Gasteiger partial charge in [-0.05, 0) is 111 Å². The van der Waals surface area contributed by atoms with Gasteiger partial charge in [0.25, 0.3) is 0 Å². The molecule has 0 aromatic rings. The van der Waals surface area contributed by atoms with Crippen molar-refractivity contribution >= 4 is 5.97 Å². The summed E-state index contributed by atoms with van der Waals surface area (Å²) in [6, 6.07) is 0. The third kappa shape index (κ3) is 10.7. The van der Waals surface area contributed by atoms with E-state index in [0.717, 1.165) is 54.8 Å². The first kappa shape index (κ1) is 38.4. The third-order valence-corrected chi connectivity index (χ3v) is 12.0. The van der Waals surface area contributed by atoms with Crippen LogP contribution in [-0.4, -0.2) is 68.7 Å². The van der Waals surface area contributed by atoms with Gasteiger partial charge in [-0.15, -0.1) is 0 Å². The molecule has 8 unspecified atom stereocenters. The maximum absolute atomic E-state index is 10.1. The van der Waals surface area contributed by atoms with Gasteiger partial charge < -0.3 is 19.3 Å². The molecule has 8 atom stereocenters. The molecular weight excluding hydrogens is 570 g/mol. The standard InChI is InChI=1S/C27H46O2.C10H21NO5/c1-18(2)7-6-8-19(3)23-11-12-24-22-10-9-20-17-21(29-28)13-15-26(20,4)25(22)14-16-27(23,24)5;1-2-14-6-7-15-4-3-5-16-9-11-8-10(12)13/h9,18-19,21-25,28H,6-8,10-17H2,1-5H3;11H,2-9H2,1H3,(H,12,13). The maximum atomic E-state index is 10.1. The zero-order chi connectivity index (χ0) is 32.9. The fraction of sp³-hybridized carbons (Fsp3) is 0.919. The Morgan fingerprint density at radius 3 is 2.42 bits per heavy atom. The maximum Gasteiger partial charge on any atom is 0.317 e. The van der Waals surface area contributed by atoms with Gasteiger partial charge in [0.15, 0.2) is 0 Å². The van der Waals surface area contributed by atoms with Gasteiger partial charge in [0.05, 0.1) is 39.2 Å². The SMILES string of the molecule is CC(C)CCCC(C)C1CCC2C3CC=C4CC(OO)CCC4(C)C3CCC12C.CCOCCOCCCOCNCC(=O)O. The van der Waals surface area contributed by atoms with E-state index >= 15 is 0 Å². The Morgan fingerprint density at radius 1 is 0.956 bits per heavy atom. The van der Waals surface area contributed by atoms with Gasteiger partial charge in [-0.25, -0.2) is 4.89 Å². The molecule has 8 nitrogen and oxygen atoms in total. The van der Waals surface area contributed by atoms with E-state index < -0.39 is 5.97 Å². The van der Waals surface area contributed by atoms with E-state index in [2.05, 4.69) is 46.0 Å². The fourth-order valence-corrected chi connectivity index (χ4v) is 9.67. The number of allylic oxidation sites excluding steroid dienone is 1. The van der Waals surface area contributed by atoms with Crippen LogP contribution < -0.4 is 5.32 Å². The van der Waals surface area contributed by atoms with Crippen LogP contribution in [0.15, 0.2) is 11.6 Å². The molecule has 3 fully saturated rings. The van der Waals surface area contributed by atoms with Crippen molar-refractivity contribution in [1.82, 2.24) is 5.32 Å². The molecule has 4 rings (SSSR count). The van der Waals surface area contributed by atoms with Gasteiger partial charge in [-0.2, -0.15) is 0 Å². The topological polar surface area (TPSA) is 106 Å². The molecule has 262 valence electrons. The van der Waals surface area contributed by atoms with E-state index in [1.807, 2.05) is 6.92 Å². The summed E-state index contributed by atoms with van der Waals surface area (Å²) in [4.78, 5) is 14.9. The smallest absolute Gasteiger partial charge is 0.317 e. The lowest BCUT2D eigenvalue weighted by Gasteiger charge is -2.58. The number of carboxylic acid groups (broad SMARTS) is 1. The van der Waals surface area contributed by atoms with Crippen LogP contribution in [0.1, 0.15) is 119 Å².